The number of nitrogens with one attached hydrogen (secondary N) is 1. The Kier molecular flexibility index (Phi) is 4.96. The highest BCUT2D eigenvalue weighted by molar-refractivity contribution is 5.75. The number of ether oxygens (including phenoxy) is 1. The fraction of sp³-hybridized carbons (Fsp3) is 0.643. The van der Waals surface area contributed by atoms with Gasteiger partial charge in [0.15, 0.2) is 0 Å². The predicted molar refractivity (Wildman–Crippen MR) is 70.3 cm³/mol. The van der Waals surface area contributed by atoms with Gasteiger partial charge in [0, 0.05) is 12.5 Å². The first-order chi connectivity index (χ1) is 8.28. The van der Waals surface area contributed by atoms with E-state index in [2.05, 4.69) is 5.32 Å². The Hall–Kier alpha value is -1.29. The molecule has 0 amide bonds. The van der Waals surface area contributed by atoms with Crippen LogP contribution in [0.2, 0.25) is 0 Å². The monoisotopic (exact) mass is 253 g/mol. The smallest absolute Gasteiger partial charge is 0.323 e. The Morgan fingerprint density at radius 3 is 2.61 bits per heavy atom. The van der Waals surface area contributed by atoms with Crippen molar-refractivity contribution in [2.45, 2.75) is 58.7 Å². The van der Waals surface area contributed by atoms with Crippen molar-refractivity contribution in [2.75, 3.05) is 0 Å². The second kappa shape index (κ2) is 6.05. The summed E-state index contributed by atoms with van der Waals surface area (Å²) in [6, 6.07) is 3.61. The maximum Gasteiger partial charge on any atom is 0.323 e. The van der Waals surface area contributed by atoms with E-state index >= 15 is 0 Å². The van der Waals surface area contributed by atoms with E-state index in [1.54, 1.807) is 6.26 Å². The SMILES string of the molecule is CC(Cc1ccco1)NC(C)C(=O)OC(C)(C)C. The molecule has 1 heterocycles. The largest absolute Gasteiger partial charge is 0.469 e. The van der Waals surface area contributed by atoms with E-state index in [9.17, 15) is 4.79 Å². The summed E-state index contributed by atoms with van der Waals surface area (Å²) in [5.41, 5.74) is -0.447. The fourth-order valence-corrected chi connectivity index (χ4v) is 1.67. The summed E-state index contributed by atoms with van der Waals surface area (Å²) in [5.74, 6) is 0.681. The zero-order chi connectivity index (χ0) is 13.8. The predicted octanol–water partition coefficient (Wildman–Crippen LogP) is 2.53. The van der Waals surface area contributed by atoms with Crippen molar-refractivity contribution in [3.63, 3.8) is 0 Å². The molecular formula is C14H23NO3. The topological polar surface area (TPSA) is 51.5 Å². The van der Waals surface area contributed by atoms with Crippen LogP contribution in [0.15, 0.2) is 22.8 Å². The molecule has 0 fully saturated rings. The zero-order valence-corrected chi connectivity index (χ0v) is 11.8. The van der Waals surface area contributed by atoms with Gasteiger partial charge >= 0.3 is 5.97 Å². The normalized spacial score (nSPS) is 15.2. The van der Waals surface area contributed by atoms with E-state index in [1.807, 2.05) is 46.8 Å². The molecule has 0 bridgehead atoms. The van der Waals surface area contributed by atoms with Crippen LogP contribution >= 0.6 is 0 Å². The summed E-state index contributed by atoms with van der Waals surface area (Å²) >= 11 is 0. The van der Waals surface area contributed by atoms with Gasteiger partial charge in [-0.1, -0.05) is 0 Å². The number of furan rings is 1. The number of rotatable bonds is 5. The van der Waals surface area contributed by atoms with Crippen LogP contribution in [0.3, 0.4) is 0 Å². The Labute approximate surface area is 109 Å². The minimum absolute atomic E-state index is 0.152. The molecule has 4 nitrogen and oxygen atoms in total. The van der Waals surface area contributed by atoms with Crippen molar-refractivity contribution in [3.05, 3.63) is 24.2 Å². The van der Waals surface area contributed by atoms with Crippen LogP contribution in [0.1, 0.15) is 40.4 Å². The number of hydrogen-bond acceptors (Lipinski definition) is 4. The summed E-state index contributed by atoms with van der Waals surface area (Å²) in [7, 11) is 0. The van der Waals surface area contributed by atoms with E-state index in [0.29, 0.717) is 0 Å². The maximum atomic E-state index is 11.8. The highest BCUT2D eigenvalue weighted by atomic mass is 16.6. The lowest BCUT2D eigenvalue weighted by Gasteiger charge is -2.24. The van der Waals surface area contributed by atoms with Crippen LogP contribution in [0.25, 0.3) is 0 Å². The van der Waals surface area contributed by atoms with Crippen molar-refractivity contribution in [1.29, 1.82) is 0 Å². The second-order valence-electron chi connectivity index (χ2n) is 5.61. The summed E-state index contributed by atoms with van der Waals surface area (Å²) in [6.45, 7) is 9.42. The average Bonchev–Trinajstić information content (AvgIpc) is 2.67. The third-order valence-corrected chi connectivity index (χ3v) is 2.38. The first-order valence-corrected chi connectivity index (χ1v) is 6.29. The highest BCUT2D eigenvalue weighted by Crippen LogP contribution is 2.09. The molecule has 1 rings (SSSR count). The van der Waals surface area contributed by atoms with Crippen molar-refractivity contribution < 1.29 is 13.9 Å². The summed E-state index contributed by atoms with van der Waals surface area (Å²) in [4.78, 5) is 11.8. The van der Waals surface area contributed by atoms with E-state index < -0.39 is 5.60 Å². The molecule has 0 aliphatic carbocycles. The Morgan fingerprint density at radius 1 is 1.44 bits per heavy atom. The average molecular weight is 253 g/mol. The van der Waals surface area contributed by atoms with Gasteiger partial charge < -0.3 is 14.5 Å². The Balaban J connectivity index is 2.39. The van der Waals surface area contributed by atoms with Crippen LogP contribution in [0.4, 0.5) is 0 Å². The molecule has 2 unspecified atom stereocenters. The molecule has 2 atom stereocenters. The lowest BCUT2D eigenvalue weighted by molar-refractivity contribution is -0.157. The number of hydrogen-bond donors (Lipinski definition) is 1. The van der Waals surface area contributed by atoms with Gasteiger partial charge in [0.2, 0.25) is 0 Å². The van der Waals surface area contributed by atoms with Crippen molar-refractivity contribution >= 4 is 5.97 Å². The molecule has 0 saturated carbocycles. The van der Waals surface area contributed by atoms with Gasteiger partial charge in [0.25, 0.3) is 0 Å². The zero-order valence-electron chi connectivity index (χ0n) is 11.8. The molecule has 18 heavy (non-hydrogen) atoms. The number of carbonyl (C=O) groups is 1. The van der Waals surface area contributed by atoms with Crippen LogP contribution < -0.4 is 5.32 Å². The molecule has 4 heteroatoms. The standard InChI is InChI=1S/C14H23NO3/c1-10(9-12-7-6-8-17-12)15-11(2)13(16)18-14(3,4)5/h6-8,10-11,15H,9H2,1-5H3. The van der Waals surface area contributed by atoms with Gasteiger partial charge in [0.05, 0.1) is 6.26 Å². The first kappa shape index (κ1) is 14.8. The Bertz CT molecular complexity index is 365. The summed E-state index contributed by atoms with van der Waals surface area (Å²) < 4.78 is 10.6. The number of carbonyl (C=O) groups excluding carboxylic acids is 1. The molecule has 1 aromatic heterocycles. The lowest BCUT2D eigenvalue weighted by atomic mass is 10.1. The molecule has 102 valence electrons. The van der Waals surface area contributed by atoms with Gasteiger partial charge in [-0.05, 0) is 46.8 Å². The third-order valence-electron chi connectivity index (χ3n) is 2.38. The highest BCUT2D eigenvalue weighted by Gasteiger charge is 2.22. The van der Waals surface area contributed by atoms with Crippen LogP contribution in [0.5, 0.6) is 0 Å². The fourth-order valence-electron chi connectivity index (χ4n) is 1.67. The van der Waals surface area contributed by atoms with Crippen molar-refractivity contribution in [1.82, 2.24) is 5.32 Å². The van der Waals surface area contributed by atoms with Crippen molar-refractivity contribution in [2.24, 2.45) is 0 Å². The van der Waals surface area contributed by atoms with Crippen LogP contribution in [-0.4, -0.2) is 23.7 Å². The molecule has 0 aliphatic heterocycles. The molecule has 1 N–H and O–H groups in total. The summed E-state index contributed by atoms with van der Waals surface area (Å²) in [5, 5.41) is 3.21. The van der Waals surface area contributed by atoms with Gasteiger partial charge in [-0.15, -0.1) is 0 Å². The first-order valence-electron chi connectivity index (χ1n) is 6.29. The molecule has 0 aliphatic rings. The molecule has 0 radical (unpaired) electrons. The summed E-state index contributed by atoms with van der Waals surface area (Å²) in [6.07, 6.45) is 2.40. The van der Waals surface area contributed by atoms with Gasteiger partial charge in [0.1, 0.15) is 17.4 Å². The quantitative estimate of drug-likeness (QED) is 0.819. The minimum atomic E-state index is -0.447. The van der Waals surface area contributed by atoms with Gasteiger partial charge in [-0.25, -0.2) is 0 Å². The molecule has 1 aromatic rings. The van der Waals surface area contributed by atoms with Crippen LogP contribution in [0, 0.1) is 0 Å². The molecular weight excluding hydrogens is 230 g/mol. The number of esters is 1. The van der Waals surface area contributed by atoms with E-state index in [-0.39, 0.29) is 18.1 Å². The third kappa shape index (κ3) is 5.36. The van der Waals surface area contributed by atoms with Gasteiger partial charge in [-0.2, -0.15) is 0 Å². The van der Waals surface area contributed by atoms with Crippen molar-refractivity contribution in [3.8, 4) is 0 Å². The lowest BCUT2D eigenvalue weighted by Crippen LogP contribution is -2.43. The second-order valence-corrected chi connectivity index (χ2v) is 5.61. The maximum absolute atomic E-state index is 11.8. The van der Waals surface area contributed by atoms with E-state index in [4.69, 9.17) is 9.15 Å². The Morgan fingerprint density at radius 2 is 2.11 bits per heavy atom. The molecule has 0 spiro atoms. The molecule has 0 saturated heterocycles. The van der Waals surface area contributed by atoms with Crippen LogP contribution in [-0.2, 0) is 16.0 Å². The van der Waals surface area contributed by atoms with Gasteiger partial charge in [-0.3, -0.25) is 4.79 Å². The minimum Gasteiger partial charge on any atom is -0.469 e. The van der Waals surface area contributed by atoms with E-state index in [1.165, 1.54) is 0 Å². The molecule has 0 aromatic carbocycles. The van der Waals surface area contributed by atoms with E-state index in [0.717, 1.165) is 12.2 Å².